The second-order valence-corrected chi connectivity index (χ2v) is 4.45. The van der Waals surface area contributed by atoms with Gasteiger partial charge in [-0.15, -0.1) is 0 Å². The van der Waals surface area contributed by atoms with Crippen molar-refractivity contribution in [2.75, 3.05) is 7.05 Å². The maximum Gasteiger partial charge on any atom is 0.271 e. The summed E-state index contributed by atoms with van der Waals surface area (Å²) in [4.78, 5) is 11.8. The molecule has 0 radical (unpaired) electrons. The summed E-state index contributed by atoms with van der Waals surface area (Å²) in [5.74, 6) is -0.0946. The predicted octanol–water partition coefficient (Wildman–Crippen LogP) is 1.72. The number of hydrogen-bond donors (Lipinski definition) is 1. The largest absolute Gasteiger partial charge is 0.354 e. The fourth-order valence-electron chi connectivity index (χ4n) is 2.52. The number of para-hydroxylation sites is 1. The Bertz CT molecular complexity index is 587. The van der Waals surface area contributed by atoms with Gasteiger partial charge in [0.25, 0.3) is 5.91 Å². The molecule has 18 heavy (non-hydrogen) atoms. The zero-order valence-electron chi connectivity index (χ0n) is 10.3. The van der Waals surface area contributed by atoms with E-state index >= 15 is 0 Å². The molecular formula is C14H15N3O. The zero-order chi connectivity index (χ0) is 12.5. The first kappa shape index (κ1) is 11.0. The molecule has 0 atom stereocenters. The molecule has 4 nitrogen and oxygen atoms in total. The van der Waals surface area contributed by atoms with E-state index < -0.39 is 0 Å². The molecule has 0 spiro atoms. The normalized spacial score (nSPS) is 13.4. The van der Waals surface area contributed by atoms with Gasteiger partial charge in [0, 0.05) is 18.3 Å². The van der Waals surface area contributed by atoms with Crippen LogP contribution in [0.3, 0.4) is 0 Å². The number of hydrogen-bond acceptors (Lipinski definition) is 2. The van der Waals surface area contributed by atoms with Gasteiger partial charge < -0.3 is 5.32 Å². The van der Waals surface area contributed by atoms with Crippen LogP contribution in [0.2, 0.25) is 0 Å². The van der Waals surface area contributed by atoms with E-state index in [4.69, 9.17) is 0 Å². The first-order chi connectivity index (χ1) is 8.81. The number of carbonyl (C=O) groups excluding carboxylic acids is 1. The van der Waals surface area contributed by atoms with Crippen LogP contribution < -0.4 is 5.32 Å². The van der Waals surface area contributed by atoms with E-state index in [9.17, 15) is 4.79 Å². The minimum atomic E-state index is -0.0946. The first-order valence-electron chi connectivity index (χ1n) is 6.19. The lowest BCUT2D eigenvalue weighted by Crippen LogP contribution is -2.20. The minimum absolute atomic E-state index is 0.0946. The maximum atomic E-state index is 11.8. The van der Waals surface area contributed by atoms with Gasteiger partial charge in [-0.1, -0.05) is 18.2 Å². The fourth-order valence-corrected chi connectivity index (χ4v) is 2.52. The number of amides is 1. The third-order valence-corrected chi connectivity index (χ3v) is 3.37. The number of aromatic nitrogens is 2. The van der Waals surface area contributed by atoms with Crippen LogP contribution in [-0.2, 0) is 12.8 Å². The molecule has 0 saturated heterocycles. The highest BCUT2D eigenvalue weighted by Crippen LogP contribution is 2.27. The molecule has 4 heteroatoms. The van der Waals surface area contributed by atoms with Gasteiger partial charge in [0.15, 0.2) is 5.69 Å². The van der Waals surface area contributed by atoms with Gasteiger partial charge in [0.05, 0.1) is 5.69 Å². The average molecular weight is 241 g/mol. The van der Waals surface area contributed by atoms with Crippen LogP contribution in [0.1, 0.15) is 28.2 Å². The van der Waals surface area contributed by atoms with E-state index in [0.29, 0.717) is 5.69 Å². The highest BCUT2D eigenvalue weighted by molar-refractivity contribution is 5.94. The molecule has 1 aromatic carbocycles. The van der Waals surface area contributed by atoms with Crippen molar-refractivity contribution in [1.82, 2.24) is 15.1 Å². The Balaban J connectivity index is 2.15. The fraction of sp³-hybridized carbons (Fsp3) is 0.286. The highest BCUT2D eigenvalue weighted by atomic mass is 16.1. The maximum absolute atomic E-state index is 11.8. The van der Waals surface area contributed by atoms with Crippen molar-refractivity contribution in [3.8, 4) is 5.69 Å². The zero-order valence-corrected chi connectivity index (χ0v) is 10.3. The monoisotopic (exact) mass is 241 g/mol. The van der Waals surface area contributed by atoms with Gasteiger partial charge in [0.1, 0.15) is 0 Å². The SMILES string of the molecule is CNC(=O)c1nn(-c2ccccc2)c2c1CCC2. The Morgan fingerprint density at radius 1 is 1.28 bits per heavy atom. The summed E-state index contributed by atoms with van der Waals surface area (Å²) in [7, 11) is 1.64. The van der Waals surface area contributed by atoms with Crippen LogP contribution >= 0.6 is 0 Å². The number of nitrogens with one attached hydrogen (secondary N) is 1. The topological polar surface area (TPSA) is 46.9 Å². The number of rotatable bonds is 2. The summed E-state index contributed by atoms with van der Waals surface area (Å²) in [6, 6.07) is 9.97. The molecule has 0 bridgehead atoms. The van der Waals surface area contributed by atoms with Crippen LogP contribution in [0.25, 0.3) is 5.69 Å². The Morgan fingerprint density at radius 3 is 2.78 bits per heavy atom. The van der Waals surface area contributed by atoms with Gasteiger partial charge in [-0.05, 0) is 31.4 Å². The van der Waals surface area contributed by atoms with E-state index in [1.54, 1.807) is 7.05 Å². The van der Waals surface area contributed by atoms with Gasteiger partial charge in [-0.25, -0.2) is 4.68 Å². The van der Waals surface area contributed by atoms with E-state index in [2.05, 4.69) is 10.4 Å². The lowest BCUT2D eigenvalue weighted by Gasteiger charge is -2.04. The molecule has 0 saturated carbocycles. The molecule has 1 heterocycles. The van der Waals surface area contributed by atoms with Crippen molar-refractivity contribution < 1.29 is 4.79 Å². The van der Waals surface area contributed by atoms with Crippen molar-refractivity contribution in [1.29, 1.82) is 0 Å². The van der Waals surface area contributed by atoms with Gasteiger partial charge >= 0.3 is 0 Å². The number of carbonyl (C=O) groups is 1. The molecule has 0 unspecified atom stereocenters. The molecule has 0 aliphatic heterocycles. The van der Waals surface area contributed by atoms with E-state index in [1.165, 1.54) is 5.69 Å². The number of fused-ring (bicyclic) bond motifs is 1. The minimum Gasteiger partial charge on any atom is -0.354 e. The van der Waals surface area contributed by atoms with Crippen molar-refractivity contribution in [2.45, 2.75) is 19.3 Å². The lowest BCUT2D eigenvalue weighted by molar-refractivity contribution is 0.0957. The Labute approximate surface area is 106 Å². The van der Waals surface area contributed by atoms with Crippen LogP contribution in [0.15, 0.2) is 30.3 Å². The van der Waals surface area contributed by atoms with Crippen molar-refractivity contribution in [3.05, 3.63) is 47.3 Å². The van der Waals surface area contributed by atoms with Gasteiger partial charge in [-0.3, -0.25) is 4.79 Å². The Hall–Kier alpha value is -2.10. The van der Waals surface area contributed by atoms with E-state index in [-0.39, 0.29) is 5.91 Å². The quantitative estimate of drug-likeness (QED) is 0.870. The molecule has 2 aromatic rings. The number of nitrogens with zero attached hydrogens (tertiary/aromatic N) is 2. The number of benzene rings is 1. The summed E-state index contributed by atoms with van der Waals surface area (Å²) in [5, 5.41) is 7.14. The van der Waals surface area contributed by atoms with Crippen LogP contribution in [0.5, 0.6) is 0 Å². The van der Waals surface area contributed by atoms with Crippen LogP contribution in [0.4, 0.5) is 0 Å². The average Bonchev–Trinajstić information content (AvgIpc) is 3.00. The molecule has 1 aromatic heterocycles. The Kier molecular flexibility index (Phi) is 2.63. The van der Waals surface area contributed by atoms with Crippen LogP contribution in [-0.4, -0.2) is 22.7 Å². The third kappa shape index (κ3) is 1.61. The third-order valence-electron chi connectivity index (χ3n) is 3.37. The highest BCUT2D eigenvalue weighted by Gasteiger charge is 2.26. The summed E-state index contributed by atoms with van der Waals surface area (Å²) in [5.41, 5.74) is 3.89. The van der Waals surface area contributed by atoms with Crippen LogP contribution in [0, 0.1) is 0 Å². The predicted molar refractivity (Wildman–Crippen MR) is 69.0 cm³/mol. The standard InChI is InChI=1S/C14H15N3O/c1-15-14(18)13-11-8-5-9-12(11)17(16-13)10-6-3-2-4-7-10/h2-4,6-7H,5,8-9H2,1H3,(H,15,18). The molecular weight excluding hydrogens is 226 g/mol. The van der Waals surface area contributed by atoms with E-state index in [1.807, 2.05) is 35.0 Å². The summed E-state index contributed by atoms with van der Waals surface area (Å²) < 4.78 is 1.91. The summed E-state index contributed by atoms with van der Waals surface area (Å²) >= 11 is 0. The molecule has 1 aliphatic rings. The van der Waals surface area contributed by atoms with Crippen molar-refractivity contribution in [2.24, 2.45) is 0 Å². The van der Waals surface area contributed by atoms with Gasteiger partial charge in [-0.2, -0.15) is 5.10 Å². The molecule has 3 rings (SSSR count). The smallest absolute Gasteiger partial charge is 0.271 e. The lowest BCUT2D eigenvalue weighted by atomic mass is 10.2. The van der Waals surface area contributed by atoms with Crippen molar-refractivity contribution >= 4 is 5.91 Å². The van der Waals surface area contributed by atoms with Gasteiger partial charge in [0.2, 0.25) is 0 Å². The Morgan fingerprint density at radius 2 is 2.06 bits per heavy atom. The second-order valence-electron chi connectivity index (χ2n) is 4.45. The molecule has 1 N–H and O–H groups in total. The summed E-state index contributed by atoms with van der Waals surface area (Å²) in [6.07, 6.45) is 3.04. The molecule has 0 fully saturated rings. The second kappa shape index (κ2) is 4.29. The molecule has 1 amide bonds. The first-order valence-corrected chi connectivity index (χ1v) is 6.19. The summed E-state index contributed by atoms with van der Waals surface area (Å²) in [6.45, 7) is 0. The van der Waals surface area contributed by atoms with E-state index in [0.717, 1.165) is 30.5 Å². The van der Waals surface area contributed by atoms with Crippen molar-refractivity contribution in [3.63, 3.8) is 0 Å². The molecule has 92 valence electrons. The molecule has 1 aliphatic carbocycles.